The molecule has 3 unspecified atom stereocenters. The number of alkyl halides is 1. The highest BCUT2D eigenvalue weighted by molar-refractivity contribution is 8.01. The first-order valence-electron chi connectivity index (χ1n) is 11.1. The second-order valence-electron chi connectivity index (χ2n) is 9.95. The van der Waals surface area contributed by atoms with Gasteiger partial charge in [-0.25, -0.2) is 0 Å². The Kier molecular flexibility index (Phi) is 7.09. The molecule has 8 atom stereocenters. The topological polar surface area (TPSA) is 44.8 Å². The zero-order valence-electron chi connectivity index (χ0n) is 19.0. The number of thioether (sulfide) groups is 1. The van der Waals surface area contributed by atoms with Gasteiger partial charge in [0.25, 0.3) is 0 Å². The number of methoxy groups -OCH3 is 2. The van der Waals surface area contributed by atoms with Crippen LogP contribution < -0.4 is 0 Å². The van der Waals surface area contributed by atoms with Gasteiger partial charge in [-0.3, -0.25) is 9.18 Å². The van der Waals surface area contributed by atoms with Crippen molar-refractivity contribution >= 4 is 17.5 Å². The SMILES string of the molecule is COCOC1C[C@@](C)(SCCF)C(=O)[C@H](C)C23CC[C@@H](C)[C@]1(C)C2[C@H](OC)CC3. The van der Waals surface area contributed by atoms with Crippen molar-refractivity contribution < 1.29 is 23.4 Å². The average Bonchev–Trinajstić information content (AvgIpc) is 3.11. The Balaban J connectivity index is 2.14. The average molecular weight is 431 g/mol. The zero-order chi connectivity index (χ0) is 21.4. The van der Waals surface area contributed by atoms with Crippen LogP contribution in [0, 0.1) is 28.6 Å². The molecule has 3 aliphatic carbocycles. The van der Waals surface area contributed by atoms with Gasteiger partial charge >= 0.3 is 0 Å². The van der Waals surface area contributed by atoms with Gasteiger partial charge in [-0.05, 0) is 56.3 Å². The Morgan fingerprint density at radius 2 is 1.86 bits per heavy atom. The fourth-order valence-corrected chi connectivity index (χ4v) is 8.27. The lowest BCUT2D eigenvalue weighted by Gasteiger charge is -2.62. The fraction of sp³-hybridized carbons (Fsp3) is 0.957. The summed E-state index contributed by atoms with van der Waals surface area (Å²) in [6, 6.07) is 0. The summed E-state index contributed by atoms with van der Waals surface area (Å²) < 4.78 is 30.1. The van der Waals surface area contributed by atoms with Gasteiger partial charge < -0.3 is 14.2 Å². The maximum absolute atomic E-state index is 13.9. The molecule has 2 bridgehead atoms. The highest BCUT2D eigenvalue weighted by atomic mass is 32.2. The molecule has 0 radical (unpaired) electrons. The third-order valence-electron chi connectivity index (χ3n) is 8.89. The smallest absolute Gasteiger partial charge is 0.152 e. The summed E-state index contributed by atoms with van der Waals surface area (Å²) in [6.45, 7) is 8.62. The van der Waals surface area contributed by atoms with Crippen molar-refractivity contribution in [2.45, 2.75) is 76.8 Å². The summed E-state index contributed by atoms with van der Waals surface area (Å²) in [5, 5.41) is 0. The Morgan fingerprint density at radius 1 is 1.17 bits per heavy atom. The molecule has 3 fully saturated rings. The van der Waals surface area contributed by atoms with Crippen LogP contribution in [-0.4, -0.2) is 56.2 Å². The maximum atomic E-state index is 13.9. The maximum Gasteiger partial charge on any atom is 0.152 e. The summed E-state index contributed by atoms with van der Waals surface area (Å²) in [5.74, 6) is 1.28. The van der Waals surface area contributed by atoms with Crippen LogP contribution in [0.1, 0.15) is 59.8 Å². The van der Waals surface area contributed by atoms with Crippen LogP contribution >= 0.6 is 11.8 Å². The molecule has 3 rings (SSSR count). The van der Waals surface area contributed by atoms with Crippen LogP contribution in [0.4, 0.5) is 4.39 Å². The molecule has 0 aliphatic heterocycles. The Hall–Kier alpha value is -0.170. The predicted molar refractivity (Wildman–Crippen MR) is 115 cm³/mol. The molecular weight excluding hydrogens is 391 g/mol. The number of carbonyl (C=O) groups excluding carboxylic acids is 1. The summed E-state index contributed by atoms with van der Waals surface area (Å²) in [7, 11) is 3.45. The van der Waals surface area contributed by atoms with Crippen molar-refractivity contribution in [2.75, 3.05) is 33.4 Å². The number of hydrogen-bond acceptors (Lipinski definition) is 5. The number of ketones is 1. The minimum Gasteiger partial charge on any atom is -0.381 e. The van der Waals surface area contributed by atoms with E-state index < -0.39 is 11.4 Å². The second kappa shape index (κ2) is 8.76. The molecule has 0 aromatic heterocycles. The van der Waals surface area contributed by atoms with Crippen LogP contribution in [0.25, 0.3) is 0 Å². The van der Waals surface area contributed by atoms with Crippen molar-refractivity contribution in [3.8, 4) is 0 Å². The van der Waals surface area contributed by atoms with Gasteiger partial charge in [-0.15, -0.1) is 11.8 Å². The van der Waals surface area contributed by atoms with E-state index in [-0.39, 0.29) is 47.4 Å². The van der Waals surface area contributed by atoms with Crippen molar-refractivity contribution in [3.63, 3.8) is 0 Å². The lowest BCUT2D eigenvalue weighted by molar-refractivity contribution is -0.211. The van der Waals surface area contributed by atoms with Crippen molar-refractivity contribution in [3.05, 3.63) is 0 Å². The number of ether oxygens (including phenoxy) is 3. The van der Waals surface area contributed by atoms with E-state index >= 15 is 0 Å². The highest BCUT2D eigenvalue weighted by Gasteiger charge is 2.68. The molecule has 3 aliphatic rings. The monoisotopic (exact) mass is 430 g/mol. The van der Waals surface area contributed by atoms with E-state index in [4.69, 9.17) is 14.2 Å². The first-order valence-corrected chi connectivity index (χ1v) is 12.1. The molecule has 6 heteroatoms. The summed E-state index contributed by atoms with van der Waals surface area (Å²) in [6.07, 6.45) is 4.78. The van der Waals surface area contributed by atoms with Gasteiger partial charge in [-0.2, -0.15) is 0 Å². The minimum absolute atomic E-state index is 0.0556. The van der Waals surface area contributed by atoms with E-state index in [0.717, 1.165) is 25.7 Å². The summed E-state index contributed by atoms with van der Waals surface area (Å²) in [4.78, 5) is 13.9. The van der Waals surface area contributed by atoms with Gasteiger partial charge in [0.15, 0.2) is 5.78 Å². The molecule has 0 saturated heterocycles. The molecule has 168 valence electrons. The molecule has 0 heterocycles. The van der Waals surface area contributed by atoms with Crippen molar-refractivity contribution in [1.82, 2.24) is 0 Å². The normalized spacial score (nSPS) is 47.6. The van der Waals surface area contributed by atoms with Gasteiger partial charge in [0.05, 0.1) is 23.6 Å². The molecule has 0 aromatic rings. The third kappa shape index (κ3) is 3.60. The van der Waals surface area contributed by atoms with Gasteiger partial charge in [0, 0.05) is 31.3 Å². The summed E-state index contributed by atoms with van der Waals surface area (Å²) >= 11 is 1.47. The second-order valence-corrected chi connectivity index (χ2v) is 11.5. The van der Waals surface area contributed by atoms with E-state index in [1.54, 1.807) is 7.11 Å². The van der Waals surface area contributed by atoms with Crippen LogP contribution in [0.3, 0.4) is 0 Å². The molecule has 4 nitrogen and oxygen atoms in total. The molecular formula is C23H39FO4S. The van der Waals surface area contributed by atoms with Crippen LogP contribution in [0.15, 0.2) is 0 Å². The molecule has 0 spiro atoms. The van der Waals surface area contributed by atoms with Gasteiger partial charge in [0.1, 0.15) is 6.79 Å². The standard InChI is InChI=1S/C23H39FO4S/c1-15-7-9-23-10-8-17(27-6)19(23)22(15,4)18(28-14-26-5)13-21(3,29-12-11-24)20(25)16(23)2/h15-19H,7-14H2,1-6H3/t15-,16+,17-,18?,19?,21-,22+,23?/m1/s1. The van der Waals surface area contributed by atoms with E-state index in [1.807, 2.05) is 14.0 Å². The van der Waals surface area contributed by atoms with Crippen molar-refractivity contribution in [2.24, 2.45) is 28.6 Å². The van der Waals surface area contributed by atoms with Crippen LogP contribution in [0.5, 0.6) is 0 Å². The Labute approximate surface area is 180 Å². The number of carbonyl (C=O) groups is 1. The molecule has 29 heavy (non-hydrogen) atoms. The first-order chi connectivity index (χ1) is 13.7. The number of rotatable bonds is 7. The predicted octanol–water partition coefficient (Wildman–Crippen LogP) is 4.89. The fourth-order valence-electron chi connectivity index (χ4n) is 7.16. The Bertz CT molecular complexity index is 603. The first kappa shape index (κ1) is 23.5. The van der Waals surface area contributed by atoms with Crippen molar-refractivity contribution in [1.29, 1.82) is 0 Å². The molecule has 0 amide bonds. The third-order valence-corrected chi connectivity index (χ3v) is 10.3. The van der Waals surface area contributed by atoms with Gasteiger partial charge in [-0.1, -0.05) is 20.8 Å². The zero-order valence-corrected chi connectivity index (χ0v) is 19.8. The van der Waals surface area contributed by atoms with E-state index in [1.165, 1.54) is 11.8 Å². The largest absolute Gasteiger partial charge is 0.381 e. The number of Topliss-reactive ketones (excluding diaryl/α,β-unsaturated/α-hetero) is 1. The molecule has 0 aromatic carbocycles. The molecule has 3 saturated carbocycles. The lowest BCUT2D eigenvalue weighted by atomic mass is 9.45. The number of hydrogen-bond donors (Lipinski definition) is 0. The lowest BCUT2D eigenvalue weighted by Crippen LogP contribution is -2.63. The van der Waals surface area contributed by atoms with Gasteiger partial charge in [0.2, 0.25) is 0 Å². The van der Waals surface area contributed by atoms with E-state index in [0.29, 0.717) is 18.1 Å². The highest BCUT2D eigenvalue weighted by Crippen LogP contribution is 2.68. The van der Waals surface area contributed by atoms with E-state index in [2.05, 4.69) is 20.8 Å². The Morgan fingerprint density at radius 3 is 2.48 bits per heavy atom. The molecule has 0 N–H and O–H groups in total. The van der Waals surface area contributed by atoms with Crippen LogP contribution in [0.2, 0.25) is 0 Å². The quantitative estimate of drug-likeness (QED) is 0.538. The summed E-state index contributed by atoms with van der Waals surface area (Å²) in [5.41, 5.74) is -0.188. The van der Waals surface area contributed by atoms with Crippen LogP contribution in [-0.2, 0) is 19.0 Å². The number of halogens is 1. The minimum atomic E-state index is -0.647. The van der Waals surface area contributed by atoms with E-state index in [9.17, 15) is 9.18 Å².